The number of fused-ring (bicyclic) bond motifs is 4. The van der Waals surface area contributed by atoms with Crippen LogP contribution in [-0.4, -0.2) is 58.9 Å². The summed E-state index contributed by atoms with van der Waals surface area (Å²) < 4.78 is 0. The van der Waals surface area contributed by atoms with Crippen LogP contribution in [0.15, 0.2) is 5.10 Å². The zero-order valence-electron chi connectivity index (χ0n) is 14.3. The number of nitrogens with one attached hydrogen (secondary N) is 1. The first-order valence-corrected chi connectivity index (χ1v) is 9.01. The van der Waals surface area contributed by atoms with Gasteiger partial charge in [0.15, 0.2) is 0 Å². The normalized spacial score (nSPS) is 27.0. The molecule has 0 aromatic heterocycles. The van der Waals surface area contributed by atoms with Gasteiger partial charge in [0.05, 0.1) is 5.92 Å². The average molecular weight is 334 g/mol. The topological polar surface area (TPSA) is 82.1 Å². The summed E-state index contributed by atoms with van der Waals surface area (Å²) in [5, 5.41) is 4.02. The number of amides is 3. The van der Waals surface area contributed by atoms with Gasteiger partial charge in [0, 0.05) is 44.2 Å². The highest BCUT2D eigenvalue weighted by molar-refractivity contribution is 5.94. The lowest BCUT2D eigenvalue weighted by Gasteiger charge is -2.35. The van der Waals surface area contributed by atoms with E-state index in [-0.39, 0.29) is 29.7 Å². The molecule has 0 saturated carbocycles. The van der Waals surface area contributed by atoms with Crippen molar-refractivity contribution < 1.29 is 14.4 Å². The maximum absolute atomic E-state index is 12.6. The fourth-order valence-electron chi connectivity index (χ4n) is 3.88. The smallest absolute Gasteiger partial charge is 0.240 e. The van der Waals surface area contributed by atoms with E-state index < -0.39 is 0 Å². The van der Waals surface area contributed by atoms with Crippen LogP contribution in [0.5, 0.6) is 0 Å². The Morgan fingerprint density at radius 3 is 2.79 bits per heavy atom. The molecular formula is C17H26N4O3. The summed E-state index contributed by atoms with van der Waals surface area (Å²) in [5.41, 5.74) is 3.35. The van der Waals surface area contributed by atoms with E-state index in [4.69, 9.17) is 0 Å². The number of hydrogen-bond acceptors (Lipinski definition) is 4. The summed E-state index contributed by atoms with van der Waals surface area (Å²) in [6.07, 6.45) is 4.90. The molecular weight excluding hydrogens is 308 g/mol. The lowest BCUT2D eigenvalue weighted by molar-refractivity contribution is -0.139. The molecule has 4 aliphatic heterocycles. The Labute approximate surface area is 142 Å². The van der Waals surface area contributed by atoms with Crippen LogP contribution in [0.25, 0.3) is 0 Å². The van der Waals surface area contributed by atoms with Gasteiger partial charge < -0.3 is 9.80 Å². The summed E-state index contributed by atoms with van der Waals surface area (Å²) >= 11 is 0. The molecule has 3 saturated heterocycles. The highest BCUT2D eigenvalue weighted by Gasteiger charge is 2.41. The van der Waals surface area contributed by atoms with Crippen LogP contribution in [0.2, 0.25) is 0 Å². The molecule has 1 N–H and O–H groups in total. The summed E-state index contributed by atoms with van der Waals surface area (Å²) in [4.78, 5) is 40.1. The number of hydrazone groups is 1. The third-order valence-corrected chi connectivity index (χ3v) is 5.22. The first-order chi connectivity index (χ1) is 11.6. The molecule has 132 valence electrons. The van der Waals surface area contributed by atoms with Crippen molar-refractivity contribution >= 4 is 23.4 Å². The van der Waals surface area contributed by atoms with Crippen molar-refractivity contribution in [2.24, 2.45) is 11.0 Å². The Bertz CT molecular complexity index is 560. The van der Waals surface area contributed by atoms with Gasteiger partial charge in [-0.2, -0.15) is 5.10 Å². The van der Waals surface area contributed by atoms with E-state index in [2.05, 4.69) is 17.5 Å². The van der Waals surface area contributed by atoms with Gasteiger partial charge in [-0.05, 0) is 32.1 Å². The second-order valence-electron chi connectivity index (χ2n) is 6.97. The first kappa shape index (κ1) is 16.9. The molecule has 7 heteroatoms. The number of hydrogen-bond donors (Lipinski definition) is 1. The lowest BCUT2D eigenvalue weighted by Crippen LogP contribution is -2.48. The van der Waals surface area contributed by atoms with Gasteiger partial charge in [-0.15, -0.1) is 0 Å². The van der Waals surface area contributed by atoms with Crippen LogP contribution < -0.4 is 5.43 Å². The van der Waals surface area contributed by atoms with Crippen LogP contribution in [0.3, 0.4) is 0 Å². The Hall–Kier alpha value is -1.92. The van der Waals surface area contributed by atoms with Crippen molar-refractivity contribution in [3.63, 3.8) is 0 Å². The van der Waals surface area contributed by atoms with Crippen molar-refractivity contribution in [2.75, 3.05) is 19.6 Å². The van der Waals surface area contributed by atoms with Crippen LogP contribution in [-0.2, 0) is 14.4 Å². The molecule has 7 nitrogen and oxygen atoms in total. The van der Waals surface area contributed by atoms with E-state index in [1.54, 1.807) is 0 Å². The quantitative estimate of drug-likeness (QED) is 0.811. The van der Waals surface area contributed by atoms with Crippen molar-refractivity contribution in [3.05, 3.63) is 0 Å². The highest BCUT2D eigenvalue weighted by atomic mass is 16.2. The molecule has 0 aromatic rings. The Kier molecular flexibility index (Phi) is 5.16. The van der Waals surface area contributed by atoms with E-state index in [9.17, 15) is 14.4 Å². The Balaban J connectivity index is 1.58. The Morgan fingerprint density at radius 2 is 2.08 bits per heavy atom. The number of nitrogens with zero attached hydrogens (tertiary/aromatic N) is 3. The molecule has 4 heterocycles. The molecule has 0 spiro atoms. The summed E-state index contributed by atoms with van der Waals surface area (Å²) in [6.45, 7) is 4.08. The molecule has 2 unspecified atom stereocenters. The molecule has 2 bridgehead atoms. The van der Waals surface area contributed by atoms with Crippen molar-refractivity contribution in [1.29, 1.82) is 0 Å². The number of piperidine rings is 1. The van der Waals surface area contributed by atoms with Crippen molar-refractivity contribution in [2.45, 2.75) is 57.9 Å². The third kappa shape index (κ3) is 3.60. The van der Waals surface area contributed by atoms with Gasteiger partial charge >= 0.3 is 0 Å². The zero-order chi connectivity index (χ0) is 17.1. The van der Waals surface area contributed by atoms with E-state index in [1.807, 2.05) is 9.80 Å². The molecule has 0 aromatic carbocycles. The summed E-state index contributed by atoms with van der Waals surface area (Å²) in [5.74, 6) is 0.217. The zero-order valence-corrected chi connectivity index (χ0v) is 14.3. The number of carbonyl (C=O) groups is 3. The molecule has 24 heavy (non-hydrogen) atoms. The van der Waals surface area contributed by atoms with E-state index in [0.717, 1.165) is 31.5 Å². The van der Waals surface area contributed by atoms with Gasteiger partial charge in [0.25, 0.3) is 0 Å². The second-order valence-corrected chi connectivity index (χ2v) is 6.97. The molecule has 0 radical (unpaired) electrons. The minimum Gasteiger partial charge on any atom is -0.340 e. The minimum absolute atomic E-state index is 0.0365. The van der Waals surface area contributed by atoms with Gasteiger partial charge in [-0.3, -0.25) is 14.4 Å². The van der Waals surface area contributed by atoms with Gasteiger partial charge in [-0.1, -0.05) is 6.92 Å². The maximum Gasteiger partial charge on any atom is 0.240 e. The number of carbonyl (C=O) groups excluding carboxylic acids is 3. The van der Waals surface area contributed by atoms with E-state index in [1.165, 1.54) is 0 Å². The largest absolute Gasteiger partial charge is 0.340 e. The van der Waals surface area contributed by atoms with Crippen LogP contribution in [0.1, 0.15) is 51.9 Å². The average Bonchev–Trinajstić information content (AvgIpc) is 2.87. The summed E-state index contributed by atoms with van der Waals surface area (Å²) in [6, 6.07) is 0.173. The van der Waals surface area contributed by atoms with Gasteiger partial charge in [0.1, 0.15) is 0 Å². The second kappa shape index (κ2) is 7.32. The van der Waals surface area contributed by atoms with Crippen molar-refractivity contribution in [1.82, 2.24) is 15.2 Å². The lowest BCUT2D eigenvalue weighted by atomic mass is 9.94. The van der Waals surface area contributed by atoms with E-state index in [0.29, 0.717) is 38.8 Å². The predicted molar refractivity (Wildman–Crippen MR) is 89.1 cm³/mol. The monoisotopic (exact) mass is 334 g/mol. The van der Waals surface area contributed by atoms with Crippen LogP contribution in [0.4, 0.5) is 0 Å². The standard InChI is InChI=1S/C17H26N4O3/c1-2-9-21-14-6-3-12(17(21)24)10-20(11-14)16(23)8-5-13-4-7-15(22)19-18-13/h12,14H,2-11H2,1H3,(H,19,22). The molecule has 4 rings (SSSR count). The van der Waals surface area contributed by atoms with Crippen LogP contribution >= 0.6 is 0 Å². The predicted octanol–water partition coefficient (Wildman–Crippen LogP) is 0.892. The minimum atomic E-state index is -0.0660. The van der Waals surface area contributed by atoms with Crippen LogP contribution in [0, 0.1) is 5.92 Å². The van der Waals surface area contributed by atoms with E-state index >= 15 is 0 Å². The summed E-state index contributed by atoms with van der Waals surface area (Å²) in [7, 11) is 0. The number of rotatable bonds is 5. The molecule has 2 atom stereocenters. The molecule has 4 aliphatic rings. The molecule has 3 amide bonds. The van der Waals surface area contributed by atoms with Gasteiger partial charge in [-0.25, -0.2) is 5.43 Å². The third-order valence-electron chi connectivity index (χ3n) is 5.22. The first-order valence-electron chi connectivity index (χ1n) is 9.01. The molecule has 0 aliphatic carbocycles. The fourth-order valence-corrected chi connectivity index (χ4v) is 3.88. The Morgan fingerprint density at radius 1 is 1.25 bits per heavy atom. The fraction of sp³-hybridized carbons (Fsp3) is 0.765. The molecule has 3 fully saturated rings. The van der Waals surface area contributed by atoms with Crippen molar-refractivity contribution in [3.8, 4) is 0 Å². The highest BCUT2D eigenvalue weighted by Crippen LogP contribution is 2.29. The maximum atomic E-state index is 12.6. The van der Waals surface area contributed by atoms with Gasteiger partial charge in [0.2, 0.25) is 17.7 Å². The SMILES string of the molecule is CCCN1C(=O)C2CCC1CN(C(=O)CCC1=NNC(=O)CC1)C2.